The fraction of sp³-hybridized carbons (Fsp3) is 1.00. The Labute approximate surface area is 96.3 Å². The molecule has 1 nitrogen and oxygen atoms in total. The summed E-state index contributed by atoms with van der Waals surface area (Å²) in [4.78, 5) is 0. The van der Waals surface area contributed by atoms with Crippen molar-refractivity contribution in [3.8, 4) is 0 Å². The van der Waals surface area contributed by atoms with E-state index in [0.29, 0.717) is 11.8 Å². The van der Waals surface area contributed by atoms with Gasteiger partial charge in [0.15, 0.2) is 0 Å². The van der Waals surface area contributed by atoms with Gasteiger partial charge in [-0.3, -0.25) is 0 Å². The first kappa shape index (κ1) is 15.0. The third-order valence-corrected chi connectivity index (χ3v) is 4.07. The molecule has 15 heavy (non-hydrogen) atoms. The molecule has 0 heterocycles. The molecule has 2 atom stereocenters. The minimum absolute atomic E-state index is 0.107. The molecule has 92 valence electrons. The van der Waals surface area contributed by atoms with E-state index in [9.17, 15) is 5.11 Å². The molecule has 0 radical (unpaired) electrons. The third kappa shape index (κ3) is 4.14. The van der Waals surface area contributed by atoms with Gasteiger partial charge in [0, 0.05) is 0 Å². The molecule has 0 aromatic rings. The van der Waals surface area contributed by atoms with E-state index >= 15 is 0 Å². The highest BCUT2D eigenvalue weighted by Gasteiger charge is 2.34. The smallest absolute Gasteiger partial charge is 0.0621 e. The average Bonchev–Trinajstić information content (AvgIpc) is 2.23. The van der Waals surface area contributed by atoms with Crippen molar-refractivity contribution in [2.45, 2.75) is 73.3 Å². The number of hydrogen-bond donors (Lipinski definition) is 1. The molecule has 0 bridgehead atoms. The van der Waals surface area contributed by atoms with E-state index in [1.54, 1.807) is 0 Å². The summed E-state index contributed by atoms with van der Waals surface area (Å²) in [5.41, 5.74) is 0.107. The van der Waals surface area contributed by atoms with Gasteiger partial charge in [-0.15, -0.1) is 0 Å². The lowest BCUT2D eigenvalue weighted by Gasteiger charge is -2.38. The first-order valence-corrected chi connectivity index (χ1v) is 6.59. The van der Waals surface area contributed by atoms with E-state index in [-0.39, 0.29) is 11.5 Å². The Balaban J connectivity index is 4.54. The van der Waals surface area contributed by atoms with Gasteiger partial charge < -0.3 is 5.11 Å². The van der Waals surface area contributed by atoms with Gasteiger partial charge in [-0.05, 0) is 36.5 Å². The van der Waals surface area contributed by atoms with Crippen molar-refractivity contribution in [1.29, 1.82) is 0 Å². The van der Waals surface area contributed by atoms with E-state index in [4.69, 9.17) is 0 Å². The summed E-state index contributed by atoms with van der Waals surface area (Å²) in [6.45, 7) is 13.3. The first-order chi connectivity index (χ1) is 6.91. The maximum Gasteiger partial charge on any atom is 0.0621 e. The summed E-state index contributed by atoms with van der Waals surface area (Å²) < 4.78 is 0. The lowest BCUT2D eigenvalue weighted by molar-refractivity contribution is -0.0220. The Bertz CT molecular complexity index is 159. The van der Waals surface area contributed by atoms with Crippen LogP contribution in [-0.4, -0.2) is 11.2 Å². The second kappa shape index (κ2) is 6.52. The Morgan fingerprint density at radius 1 is 1.07 bits per heavy atom. The Kier molecular flexibility index (Phi) is 6.51. The van der Waals surface area contributed by atoms with Crippen LogP contribution in [0.25, 0.3) is 0 Å². The van der Waals surface area contributed by atoms with E-state index < -0.39 is 0 Å². The summed E-state index contributed by atoms with van der Waals surface area (Å²) in [7, 11) is 0. The quantitative estimate of drug-likeness (QED) is 0.672. The van der Waals surface area contributed by atoms with Crippen molar-refractivity contribution in [2.75, 3.05) is 0 Å². The number of aliphatic hydroxyl groups excluding tert-OH is 1. The van der Waals surface area contributed by atoms with Crippen LogP contribution in [0.1, 0.15) is 67.2 Å². The van der Waals surface area contributed by atoms with Gasteiger partial charge in [-0.1, -0.05) is 48.0 Å². The zero-order valence-electron chi connectivity index (χ0n) is 11.5. The largest absolute Gasteiger partial charge is 0.392 e. The molecular formula is C14H30O. The molecule has 0 aromatic carbocycles. The highest BCUT2D eigenvalue weighted by Crippen LogP contribution is 2.36. The van der Waals surface area contributed by atoms with Gasteiger partial charge in [0.25, 0.3) is 0 Å². The molecular weight excluding hydrogens is 184 g/mol. The second-order valence-electron chi connectivity index (χ2n) is 5.60. The highest BCUT2D eigenvalue weighted by atomic mass is 16.3. The van der Waals surface area contributed by atoms with E-state index in [0.717, 1.165) is 25.7 Å². The molecule has 0 amide bonds. The van der Waals surface area contributed by atoms with Crippen LogP contribution in [0.4, 0.5) is 0 Å². The van der Waals surface area contributed by atoms with Gasteiger partial charge >= 0.3 is 0 Å². The summed E-state index contributed by atoms with van der Waals surface area (Å²) in [5, 5.41) is 10.5. The summed E-state index contributed by atoms with van der Waals surface area (Å²) >= 11 is 0. The predicted molar refractivity (Wildman–Crippen MR) is 67.9 cm³/mol. The molecule has 0 saturated carbocycles. The Hall–Kier alpha value is -0.0400. The number of rotatable bonds is 7. The van der Waals surface area contributed by atoms with Crippen LogP contribution in [0.2, 0.25) is 0 Å². The molecule has 0 aliphatic heterocycles. The van der Waals surface area contributed by atoms with E-state index in [2.05, 4.69) is 41.5 Å². The van der Waals surface area contributed by atoms with Gasteiger partial charge in [-0.2, -0.15) is 0 Å². The molecule has 0 rings (SSSR count). The van der Waals surface area contributed by atoms with Gasteiger partial charge in [-0.25, -0.2) is 0 Å². The van der Waals surface area contributed by atoms with Crippen LogP contribution in [0.3, 0.4) is 0 Å². The van der Waals surface area contributed by atoms with Crippen molar-refractivity contribution in [3.05, 3.63) is 0 Å². The zero-order chi connectivity index (χ0) is 12.1. The molecule has 0 aliphatic carbocycles. The van der Waals surface area contributed by atoms with Crippen LogP contribution in [0.5, 0.6) is 0 Å². The highest BCUT2D eigenvalue weighted by molar-refractivity contribution is 4.84. The van der Waals surface area contributed by atoms with Crippen molar-refractivity contribution in [3.63, 3.8) is 0 Å². The predicted octanol–water partition coefficient (Wildman–Crippen LogP) is 4.25. The Morgan fingerprint density at radius 2 is 1.53 bits per heavy atom. The Morgan fingerprint density at radius 3 is 1.80 bits per heavy atom. The molecule has 0 fully saturated rings. The fourth-order valence-corrected chi connectivity index (χ4v) is 2.36. The SMILES string of the molecule is CCC(CC(C)C)C(O)C(C)(CC)CC. The lowest BCUT2D eigenvalue weighted by Crippen LogP contribution is -2.37. The molecule has 0 aromatic heterocycles. The lowest BCUT2D eigenvalue weighted by atomic mass is 9.71. The molecule has 1 heteroatoms. The second-order valence-corrected chi connectivity index (χ2v) is 5.60. The van der Waals surface area contributed by atoms with Crippen molar-refractivity contribution in [2.24, 2.45) is 17.3 Å². The molecule has 2 unspecified atom stereocenters. The number of hydrogen-bond acceptors (Lipinski definition) is 1. The summed E-state index contributed by atoms with van der Waals surface area (Å²) in [5.74, 6) is 1.15. The molecule has 0 saturated heterocycles. The van der Waals surface area contributed by atoms with Crippen LogP contribution in [0.15, 0.2) is 0 Å². The number of aliphatic hydroxyl groups is 1. The van der Waals surface area contributed by atoms with E-state index in [1.165, 1.54) is 0 Å². The van der Waals surface area contributed by atoms with Crippen molar-refractivity contribution >= 4 is 0 Å². The van der Waals surface area contributed by atoms with Gasteiger partial charge in [0.2, 0.25) is 0 Å². The average molecular weight is 214 g/mol. The third-order valence-electron chi connectivity index (χ3n) is 4.07. The first-order valence-electron chi connectivity index (χ1n) is 6.59. The van der Waals surface area contributed by atoms with Gasteiger partial charge in [0.05, 0.1) is 6.10 Å². The topological polar surface area (TPSA) is 20.2 Å². The maximum absolute atomic E-state index is 10.5. The normalized spacial score (nSPS) is 16.8. The van der Waals surface area contributed by atoms with Crippen LogP contribution in [0, 0.1) is 17.3 Å². The van der Waals surface area contributed by atoms with Gasteiger partial charge in [0.1, 0.15) is 0 Å². The summed E-state index contributed by atoms with van der Waals surface area (Å²) in [6.07, 6.45) is 4.24. The monoisotopic (exact) mass is 214 g/mol. The van der Waals surface area contributed by atoms with Crippen LogP contribution >= 0.6 is 0 Å². The zero-order valence-corrected chi connectivity index (χ0v) is 11.5. The summed E-state index contributed by atoms with van der Waals surface area (Å²) in [6, 6.07) is 0. The van der Waals surface area contributed by atoms with Crippen LogP contribution < -0.4 is 0 Å². The van der Waals surface area contributed by atoms with Crippen LogP contribution in [-0.2, 0) is 0 Å². The minimum atomic E-state index is -0.139. The molecule has 1 N–H and O–H groups in total. The van der Waals surface area contributed by atoms with Crippen molar-refractivity contribution in [1.82, 2.24) is 0 Å². The molecule has 0 aliphatic rings. The fourth-order valence-electron chi connectivity index (χ4n) is 2.36. The standard InChI is InChI=1S/C14H30O/c1-7-12(10-11(4)5)13(15)14(6,8-2)9-3/h11-13,15H,7-10H2,1-6H3. The van der Waals surface area contributed by atoms with E-state index in [1.807, 2.05) is 0 Å². The van der Waals surface area contributed by atoms with Crippen molar-refractivity contribution < 1.29 is 5.11 Å². The minimum Gasteiger partial charge on any atom is -0.392 e. The maximum atomic E-state index is 10.5. The molecule has 0 spiro atoms.